The Bertz CT molecular complexity index is 1430. The molecule has 11 heteroatoms. The molecule has 158 valence electrons. The van der Waals surface area contributed by atoms with E-state index in [1.54, 1.807) is 19.1 Å². The molecule has 0 aliphatic rings. The van der Waals surface area contributed by atoms with Gasteiger partial charge in [-0.2, -0.15) is 13.5 Å². The second kappa shape index (κ2) is 7.35. The Morgan fingerprint density at radius 3 is 2.20 bits per heavy atom. The van der Waals surface area contributed by atoms with Crippen LogP contribution in [0.2, 0.25) is 0 Å². The van der Waals surface area contributed by atoms with Crippen LogP contribution in [-0.2, 0) is 20.0 Å². The van der Waals surface area contributed by atoms with Crippen LogP contribution in [0.15, 0.2) is 56.4 Å². The molecule has 0 aromatic heterocycles. The van der Waals surface area contributed by atoms with Gasteiger partial charge >= 0.3 is 0 Å². The maximum absolute atomic E-state index is 11.9. The summed E-state index contributed by atoms with van der Waals surface area (Å²) in [7, 11) is -8.49. The summed E-state index contributed by atoms with van der Waals surface area (Å²) in [4.78, 5) is -0.899. The number of rotatable bonds is 4. The van der Waals surface area contributed by atoms with Gasteiger partial charge in [0.25, 0.3) is 10.1 Å². The number of nitrogens with zero attached hydrogens (tertiary/aromatic N) is 2. The summed E-state index contributed by atoms with van der Waals surface area (Å²) in [6.07, 6.45) is 0.962. The smallest absolute Gasteiger partial charge is 0.296 e. The molecule has 0 aliphatic heterocycles. The van der Waals surface area contributed by atoms with Gasteiger partial charge in [-0.05, 0) is 49.1 Å². The first-order valence-corrected chi connectivity index (χ1v) is 11.9. The summed E-state index contributed by atoms with van der Waals surface area (Å²) >= 11 is 0. The Balaban J connectivity index is 2.34. The molecule has 30 heavy (non-hydrogen) atoms. The molecule has 0 atom stereocenters. The predicted molar refractivity (Wildman–Crippen MR) is 113 cm³/mol. The number of aromatic hydroxyl groups is 1. The predicted octanol–water partition coefficient (Wildman–Crippen LogP) is 3.81. The van der Waals surface area contributed by atoms with E-state index in [-0.39, 0.29) is 21.4 Å². The molecule has 0 aliphatic carbocycles. The van der Waals surface area contributed by atoms with Crippen LogP contribution in [-0.4, -0.2) is 32.8 Å². The Morgan fingerprint density at radius 1 is 0.967 bits per heavy atom. The second-order valence-corrected chi connectivity index (χ2v) is 10.3. The number of hydrogen-bond donors (Lipinski definition) is 3. The van der Waals surface area contributed by atoms with Crippen molar-refractivity contribution in [3.63, 3.8) is 0 Å². The molecule has 9 nitrogen and oxygen atoms in total. The molecule has 3 aromatic carbocycles. The number of phenolic OH excluding ortho intramolecular Hbond substituents is 1. The summed E-state index contributed by atoms with van der Waals surface area (Å²) in [5.74, 6) is -0.647. The molecule has 0 amide bonds. The lowest BCUT2D eigenvalue weighted by Gasteiger charge is -2.12. The first-order chi connectivity index (χ1) is 13.8. The van der Waals surface area contributed by atoms with Crippen LogP contribution < -0.4 is 5.73 Å². The van der Waals surface area contributed by atoms with Crippen molar-refractivity contribution in [1.29, 1.82) is 0 Å². The summed E-state index contributed by atoms with van der Waals surface area (Å²) in [6.45, 7) is 3.68. The van der Waals surface area contributed by atoms with Crippen LogP contribution in [0.5, 0.6) is 5.75 Å². The van der Waals surface area contributed by atoms with E-state index in [0.717, 1.165) is 35.6 Å². The zero-order valence-electron chi connectivity index (χ0n) is 16.3. The quantitative estimate of drug-likeness (QED) is 0.310. The molecule has 0 unspecified atom stereocenters. The zero-order chi connectivity index (χ0) is 22.4. The summed E-state index contributed by atoms with van der Waals surface area (Å²) in [6, 6.07) is 8.60. The number of anilines is 1. The number of hydrogen-bond acceptors (Lipinski definition) is 8. The topological polar surface area (TPSA) is 159 Å². The van der Waals surface area contributed by atoms with Gasteiger partial charge in [0.15, 0.2) is 15.6 Å². The first kappa shape index (κ1) is 21.7. The van der Waals surface area contributed by atoms with Gasteiger partial charge in [0.2, 0.25) is 0 Å². The minimum atomic E-state index is -4.83. The minimum Gasteiger partial charge on any atom is -0.505 e. The van der Waals surface area contributed by atoms with Crippen molar-refractivity contribution in [3.8, 4) is 5.75 Å². The van der Waals surface area contributed by atoms with Crippen molar-refractivity contribution in [2.45, 2.75) is 23.6 Å². The summed E-state index contributed by atoms with van der Waals surface area (Å²) < 4.78 is 57.2. The number of fused-ring (bicyclic) bond motifs is 1. The van der Waals surface area contributed by atoms with Gasteiger partial charge in [-0.1, -0.05) is 17.7 Å². The van der Waals surface area contributed by atoms with Crippen LogP contribution in [0.25, 0.3) is 10.8 Å². The number of benzene rings is 3. The SMILES string of the molecule is Cc1ccc(/N=N/c2c(S(=O)(=O)O)cc3cc(S(C)(=O)=O)cc(N)c3c2O)c(C)c1. The number of aryl methyl sites for hydroxylation is 2. The van der Waals surface area contributed by atoms with E-state index in [0.29, 0.717) is 5.69 Å². The lowest BCUT2D eigenvalue weighted by Crippen LogP contribution is -2.02. The van der Waals surface area contributed by atoms with Crippen LogP contribution in [0.3, 0.4) is 0 Å². The van der Waals surface area contributed by atoms with Gasteiger partial charge in [0.1, 0.15) is 10.6 Å². The van der Waals surface area contributed by atoms with Crippen molar-refractivity contribution in [2.75, 3.05) is 12.0 Å². The molecule has 0 saturated heterocycles. The maximum atomic E-state index is 11.9. The Morgan fingerprint density at radius 2 is 1.63 bits per heavy atom. The molecular formula is C19H19N3O6S2. The fourth-order valence-corrected chi connectivity index (χ4v) is 4.36. The molecule has 4 N–H and O–H groups in total. The van der Waals surface area contributed by atoms with Gasteiger partial charge in [0.05, 0.1) is 10.6 Å². The molecule has 0 spiro atoms. The number of nitrogen functional groups attached to an aromatic ring is 1. The van der Waals surface area contributed by atoms with Gasteiger partial charge in [-0.3, -0.25) is 4.55 Å². The highest BCUT2D eigenvalue weighted by atomic mass is 32.2. The molecule has 0 saturated carbocycles. The van der Waals surface area contributed by atoms with Crippen molar-refractivity contribution in [1.82, 2.24) is 0 Å². The highest BCUT2D eigenvalue weighted by Gasteiger charge is 2.24. The number of phenols is 1. The number of nitrogens with two attached hydrogens (primary N) is 1. The second-order valence-electron chi connectivity index (χ2n) is 6.92. The van der Waals surface area contributed by atoms with E-state index >= 15 is 0 Å². The van der Waals surface area contributed by atoms with E-state index in [1.807, 2.05) is 13.0 Å². The normalized spacial score (nSPS) is 12.7. The Hall–Kier alpha value is -3.02. The van der Waals surface area contributed by atoms with E-state index in [4.69, 9.17) is 5.73 Å². The molecule has 0 bridgehead atoms. The molecule has 0 radical (unpaired) electrons. The van der Waals surface area contributed by atoms with Gasteiger partial charge < -0.3 is 10.8 Å². The average molecular weight is 450 g/mol. The highest BCUT2D eigenvalue weighted by Crippen LogP contribution is 2.44. The summed E-state index contributed by atoms with van der Waals surface area (Å²) in [5, 5.41) is 18.6. The van der Waals surface area contributed by atoms with Crippen LogP contribution >= 0.6 is 0 Å². The van der Waals surface area contributed by atoms with Gasteiger partial charge in [-0.25, -0.2) is 8.42 Å². The fourth-order valence-electron chi connectivity index (χ4n) is 3.02. The van der Waals surface area contributed by atoms with Gasteiger partial charge in [0, 0.05) is 17.3 Å². The van der Waals surface area contributed by atoms with E-state index in [9.17, 15) is 26.5 Å². The lowest BCUT2D eigenvalue weighted by atomic mass is 10.1. The fraction of sp³-hybridized carbons (Fsp3) is 0.158. The van der Waals surface area contributed by atoms with Crippen LogP contribution in [0, 0.1) is 13.8 Å². The maximum Gasteiger partial charge on any atom is 0.296 e. The third-order valence-electron chi connectivity index (χ3n) is 4.47. The molecule has 0 heterocycles. The Kier molecular flexibility index (Phi) is 5.31. The van der Waals surface area contributed by atoms with Crippen molar-refractivity contribution in [2.24, 2.45) is 10.2 Å². The third kappa shape index (κ3) is 4.13. The monoisotopic (exact) mass is 449 g/mol. The number of sulfone groups is 1. The first-order valence-electron chi connectivity index (χ1n) is 8.55. The van der Waals surface area contributed by atoms with Crippen LogP contribution in [0.4, 0.5) is 17.1 Å². The van der Waals surface area contributed by atoms with Crippen molar-refractivity contribution < 1.29 is 26.5 Å². The molecule has 3 rings (SSSR count). The zero-order valence-corrected chi connectivity index (χ0v) is 17.9. The Labute approximate surface area is 173 Å². The van der Waals surface area contributed by atoms with Crippen molar-refractivity contribution in [3.05, 3.63) is 47.5 Å². The van der Waals surface area contributed by atoms with Gasteiger partial charge in [-0.15, -0.1) is 5.11 Å². The largest absolute Gasteiger partial charge is 0.505 e. The van der Waals surface area contributed by atoms with Crippen LogP contribution in [0.1, 0.15) is 11.1 Å². The third-order valence-corrected chi connectivity index (χ3v) is 6.43. The van der Waals surface area contributed by atoms with E-state index in [2.05, 4.69) is 10.2 Å². The standard InChI is InChI=1S/C19H19N3O6S2/c1-10-4-5-15(11(2)6-10)21-22-18-16(30(26,27)28)8-12-7-13(29(3,24)25)9-14(20)17(12)19(18)23/h4-9,23H,20H2,1-3H3,(H,26,27,28)/b22-21+. The molecule has 0 fully saturated rings. The van der Waals surface area contributed by atoms with Crippen molar-refractivity contribution >= 4 is 47.8 Å². The van der Waals surface area contributed by atoms with E-state index < -0.39 is 36.3 Å². The minimum absolute atomic E-state index is 0.00557. The molecule has 3 aromatic rings. The highest BCUT2D eigenvalue weighted by molar-refractivity contribution is 7.90. The van der Waals surface area contributed by atoms with E-state index in [1.165, 1.54) is 0 Å². The average Bonchev–Trinajstić information content (AvgIpc) is 2.60. The summed E-state index contributed by atoms with van der Waals surface area (Å²) in [5.41, 5.74) is 7.50. The molecular weight excluding hydrogens is 430 g/mol. The lowest BCUT2D eigenvalue weighted by molar-refractivity contribution is 0.472. The number of azo groups is 1.